The third-order valence-corrected chi connectivity index (χ3v) is 3.31. The molecule has 1 unspecified atom stereocenters. The van der Waals surface area contributed by atoms with Gasteiger partial charge in [-0.3, -0.25) is 0 Å². The second-order valence-electron chi connectivity index (χ2n) is 6.92. The van der Waals surface area contributed by atoms with Gasteiger partial charge in [0.05, 0.1) is 6.61 Å². The zero-order valence-electron chi connectivity index (χ0n) is 12.3. The van der Waals surface area contributed by atoms with Crippen LogP contribution in [-0.2, 0) is 4.74 Å². The molecule has 3 heteroatoms. The first-order valence-electron chi connectivity index (χ1n) is 6.78. The van der Waals surface area contributed by atoms with Crippen LogP contribution >= 0.6 is 0 Å². The number of hydrogen-bond acceptors (Lipinski definition) is 3. The van der Waals surface area contributed by atoms with E-state index in [0.29, 0.717) is 10.8 Å². The Morgan fingerprint density at radius 3 is 2.53 bits per heavy atom. The monoisotopic (exact) mass is 242 g/mol. The number of ether oxygens (including phenoxy) is 1. The van der Waals surface area contributed by atoms with Crippen LogP contribution in [0, 0.1) is 10.8 Å². The first-order valence-corrected chi connectivity index (χ1v) is 6.78. The molecular weight excluding hydrogens is 212 g/mol. The van der Waals surface area contributed by atoms with Crippen molar-refractivity contribution >= 4 is 0 Å². The Bertz CT molecular complexity index is 211. The Morgan fingerprint density at radius 2 is 2.06 bits per heavy atom. The molecule has 1 N–H and O–H groups in total. The van der Waals surface area contributed by atoms with E-state index in [4.69, 9.17) is 4.74 Å². The summed E-state index contributed by atoms with van der Waals surface area (Å²) in [6, 6.07) is 0. The zero-order chi connectivity index (χ0) is 12.9. The minimum Gasteiger partial charge on any atom is -0.381 e. The normalized spacial score (nSPS) is 26.5. The van der Waals surface area contributed by atoms with Crippen molar-refractivity contribution in [2.24, 2.45) is 10.8 Å². The Labute approximate surface area is 107 Å². The van der Waals surface area contributed by atoms with E-state index in [2.05, 4.69) is 38.0 Å². The topological polar surface area (TPSA) is 24.5 Å². The van der Waals surface area contributed by atoms with Gasteiger partial charge in [0.1, 0.15) is 0 Å². The summed E-state index contributed by atoms with van der Waals surface area (Å²) in [5.41, 5.74) is 0.679. The van der Waals surface area contributed by atoms with Crippen molar-refractivity contribution in [3.05, 3.63) is 0 Å². The summed E-state index contributed by atoms with van der Waals surface area (Å²) >= 11 is 0. The number of hydrogen-bond donors (Lipinski definition) is 1. The average molecular weight is 242 g/mol. The van der Waals surface area contributed by atoms with Crippen LogP contribution in [0.25, 0.3) is 0 Å². The second kappa shape index (κ2) is 6.17. The number of nitrogens with one attached hydrogen (secondary N) is 1. The molecule has 0 aromatic heterocycles. The molecule has 0 spiro atoms. The van der Waals surface area contributed by atoms with E-state index in [-0.39, 0.29) is 0 Å². The van der Waals surface area contributed by atoms with Crippen molar-refractivity contribution in [1.29, 1.82) is 0 Å². The predicted octanol–water partition coefficient (Wildman–Crippen LogP) is 1.98. The van der Waals surface area contributed by atoms with E-state index >= 15 is 0 Å². The average Bonchev–Trinajstić information content (AvgIpc) is 2.15. The Kier molecular flexibility index (Phi) is 5.42. The van der Waals surface area contributed by atoms with Crippen LogP contribution in [0.4, 0.5) is 0 Å². The van der Waals surface area contributed by atoms with E-state index in [1.54, 1.807) is 0 Å². The van der Waals surface area contributed by atoms with Crippen LogP contribution in [0.1, 0.15) is 33.6 Å². The van der Waals surface area contributed by atoms with Gasteiger partial charge in [-0.05, 0) is 32.4 Å². The van der Waals surface area contributed by atoms with E-state index in [1.807, 2.05) is 7.05 Å². The van der Waals surface area contributed by atoms with Crippen LogP contribution < -0.4 is 5.32 Å². The highest BCUT2D eigenvalue weighted by Crippen LogP contribution is 2.29. The van der Waals surface area contributed by atoms with Crippen LogP contribution in [0.5, 0.6) is 0 Å². The van der Waals surface area contributed by atoms with E-state index in [9.17, 15) is 0 Å². The van der Waals surface area contributed by atoms with Crippen molar-refractivity contribution in [3.8, 4) is 0 Å². The van der Waals surface area contributed by atoms with Gasteiger partial charge in [0.15, 0.2) is 0 Å². The van der Waals surface area contributed by atoms with Crippen molar-refractivity contribution in [2.45, 2.75) is 33.6 Å². The van der Waals surface area contributed by atoms with Gasteiger partial charge in [0.25, 0.3) is 0 Å². The lowest BCUT2D eigenvalue weighted by Crippen LogP contribution is -2.48. The van der Waals surface area contributed by atoms with Crippen molar-refractivity contribution in [1.82, 2.24) is 10.2 Å². The summed E-state index contributed by atoms with van der Waals surface area (Å²) in [5.74, 6) is 0. The lowest BCUT2D eigenvalue weighted by atomic mass is 9.81. The molecule has 17 heavy (non-hydrogen) atoms. The van der Waals surface area contributed by atoms with E-state index < -0.39 is 0 Å². The summed E-state index contributed by atoms with van der Waals surface area (Å²) in [6.07, 6.45) is 2.48. The molecule has 102 valence electrons. The minimum atomic E-state index is 0.312. The molecule has 0 aromatic rings. The lowest BCUT2D eigenvalue weighted by Gasteiger charge is -2.41. The molecule has 0 amide bonds. The van der Waals surface area contributed by atoms with Gasteiger partial charge in [0, 0.05) is 31.7 Å². The molecule has 0 saturated carbocycles. The molecule has 0 radical (unpaired) electrons. The maximum absolute atomic E-state index is 5.70. The highest BCUT2D eigenvalue weighted by atomic mass is 16.5. The summed E-state index contributed by atoms with van der Waals surface area (Å²) in [6.45, 7) is 12.1. The molecular formula is C14H30N2O. The summed E-state index contributed by atoms with van der Waals surface area (Å²) in [4.78, 5) is 2.46. The third-order valence-electron chi connectivity index (χ3n) is 3.31. The predicted molar refractivity (Wildman–Crippen MR) is 73.4 cm³/mol. The summed E-state index contributed by atoms with van der Waals surface area (Å²) in [5, 5.41) is 3.34. The lowest BCUT2D eigenvalue weighted by molar-refractivity contribution is -0.0251. The van der Waals surface area contributed by atoms with Gasteiger partial charge in [-0.2, -0.15) is 0 Å². The standard InChI is InChI=1S/C14H30N2O/c1-13(2,3)10-16(5)11-14(9-15-4)7-6-8-17-12-14/h15H,6-12H2,1-5H3. The molecule has 1 rings (SSSR count). The van der Waals surface area contributed by atoms with E-state index in [1.165, 1.54) is 12.8 Å². The van der Waals surface area contributed by atoms with Crippen molar-refractivity contribution in [3.63, 3.8) is 0 Å². The van der Waals surface area contributed by atoms with E-state index in [0.717, 1.165) is 32.8 Å². The first kappa shape index (κ1) is 14.9. The Balaban J connectivity index is 2.53. The Morgan fingerprint density at radius 1 is 1.35 bits per heavy atom. The third kappa shape index (κ3) is 5.36. The largest absolute Gasteiger partial charge is 0.381 e. The minimum absolute atomic E-state index is 0.312. The fourth-order valence-electron chi connectivity index (χ4n) is 3.04. The van der Waals surface area contributed by atoms with Gasteiger partial charge < -0.3 is 15.0 Å². The van der Waals surface area contributed by atoms with Crippen LogP contribution in [0.15, 0.2) is 0 Å². The van der Waals surface area contributed by atoms with Crippen LogP contribution in [0.2, 0.25) is 0 Å². The first-order chi connectivity index (χ1) is 7.87. The highest BCUT2D eigenvalue weighted by molar-refractivity contribution is 4.87. The van der Waals surface area contributed by atoms with Crippen molar-refractivity contribution in [2.75, 3.05) is 46.9 Å². The summed E-state index contributed by atoms with van der Waals surface area (Å²) < 4.78 is 5.70. The van der Waals surface area contributed by atoms with Gasteiger partial charge in [-0.25, -0.2) is 0 Å². The fraction of sp³-hybridized carbons (Fsp3) is 1.00. The molecule has 1 fully saturated rings. The molecule has 0 aromatic carbocycles. The summed E-state index contributed by atoms with van der Waals surface area (Å²) in [7, 11) is 4.28. The molecule has 1 aliphatic heterocycles. The molecule has 1 saturated heterocycles. The van der Waals surface area contributed by atoms with Gasteiger partial charge in [0.2, 0.25) is 0 Å². The molecule has 1 atom stereocenters. The second-order valence-corrected chi connectivity index (χ2v) is 6.92. The SMILES string of the molecule is CNCC1(CN(C)CC(C)(C)C)CCCOC1. The maximum Gasteiger partial charge on any atom is 0.0546 e. The van der Waals surface area contributed by atoms with Crippen LogP contribution in [0.3, 0.4) is 0 Å². The van der Waals surface area contributed by atoms with Gasteiger partial charge in [-0.15, -0.1) is 0 Å². The quantitative estimate of drug-likeness (QED) is 0.798. The Hall–Kier alpha value is -0.120. The molecule has 3 nitrogen and oxygen atoms in total. The maximum atomic E-state index is 5.70. The zero-order valence-corrected chi connectivity index (χ0v) is 12.3. The van der Waals surface area contributed by atoms with Gasteiger partial charge >= 0.3 is 0 Å². The number of nitrogens with zero attached hydrogens (tertiary/aromatic N) is 1. The fourth-order valence-corrected chi connectivity index (χ4v) is 3.04. The molecule has 1 aliphatic rings. The molecule has 1 heterocycles. The highest BCUT2D eigenvalue weighted by Gasteiger charge is 2.34. The number of rotatable bonds is 5. The van der Waals surface area contributed by atoms with Crippen LogP contribution in [-0.4, -0.2) is 51.8 Å². The smallest absolute Gasteiger partial charge is 0.0546 e. The molecule has 0 aliphatic carbocycles. The molecule has 0 bridgehead atoms. The van der Waals surface area contributed by atoms with Crippen molar-refractivity contribution < 1.29 is 4.74 Å². The van der Waals surface area contributed by atoms with Gasteiger partial charge in [-0.1, -0.05) is 20.8 Å².